The number of carbonyl (C=O) groups excluding carboxylic acids is 1. The minimum atomic E-state index is -1.21. The second-order valence-corrected chi connectivity index (χ2v) is 3.80. The molecule has 7 heteroatoms. The Morgan fingerprint density at radius 3 is 2.79 bits per heavy atom. The Balaban J connectivity index is 2.27. The van der Waals surface area contributed by atoms with Gasteiger partial charge in [-0.2, -0.15) is 5.10 Å². The Labute approximate surface area is 107 Å². The zero-order valence-corrected chi connectivity index (χ0v) is 9.92. The van der Waals surface area contributed by atoms with Gasteiger partial charge in [0.2, 0.25) is 0 Å². The number of amides is 1. The van der Waals surface area contributed by atoms with Crippen molar-refractivity contribution < 1.29 is 19.1 Å². The summed E-state index contributed by atoms with van der Waals surface area (Å²) in [6.45, 7) is 0. The van der Waals surface area contributed by atoms with Crippen LogP contribution in [0, 0.1) is 5.82 Å². The molecule has 1 aromatic carbocycles. The monoisotopic (exact) mass is 263 g/mol. The summed E-state index contributed by atoms with van der Waals surface area (Å²) in [5, 5.41) is 15.1. The second kappa shape index (κ2) is 4.89. The molecule has 0 aliphatic rings. The fourth-order valence-electron chi connectivity index (χ4n) is 1.61. The first kappa shape index (κ1) is 12.7. The van der Waals surface area contributed by atoms with E-state index in [9.17, 15) is 14.0 Å². The van der Waals surface area contributed by atoms with Gasteiger partial charge in [0.25, 0.3) is 5.91 Å². The first-order chi connectivity index (χ1) is 8.99. The summed E-state index contributed by atoms with van der Waals surface area (Å²) >= 11 is 0. The maximum absolute atomic E-state index is 13.0. The molecular formula is C12H10FN3O3. The molecule has 2 rings (SSSR count). The van der Waals surface area contributed by atoms with Crippen LogP contribution in [0.25, 0.3) is 0 Å². The van der Waals surface area contributed by atoms with E-state index in [4.69, 9.17) is 5.11 Å². The van der Waals surface area contributed by atoms with E-state index in [-0.39, 0.29) is 16.9 Å². The van der Waals surface area contributed by atoms with Crippen LogP contribution in [0.4, 0.5) is 10.1 Å². The SMILES string of the molecule is Cn1ncc(NC(=O)c2cccc(F)c2)c1C(=O)O. The zero-order chi connectivity index (χ0) is 14.0. The van der Waals surface area contributed by atoms with E-state index in [0.29, 0.717) is 0 Å². The minimum absolute atomic E-state index is 0.0595. The van der Waals surface area contributed by atoms with Gasteiger partial charge in [0.15, 0.2) is 5.69 Å². The van der Waals surface area contributed by atoms with E-state index in [2.05, 4.69) is 10.4 Å². The molecule has 0 atom stereocenters. The zero-order valence-electron chi connectivity index (χ0n) is 9.92. The maximum atomic E-state index is 13.0. The molecule has 0 aliphatic carbocycles. The molecule has 1 heterocycles. The third-order valence-corrected chi connectivity index (χ3v) is 2.48. The lowest BCUT2D eigenvalue weighted by molar-refractivity contribution is 0.0686. The predicted octanol–water partition coefficient (Wildman–Crippen LogP) is 1.51. The summed E-state index contributed by atoms with van der Waals surface area (Å²) in [5.41, 5.74) is 0.00852. The highest BCUT2D eigenvalue weighted by molar-refractivity contribution is 6.07. The number of carbonyl (C=O) groups is 2. The number of nitrogens with one attached hydrogen (secondary N) is 1. The lowest BCUT2D eigenvalue weighted by Gasteiger charge is -2.04. The molecule has 98 valence electrons. The molecular weight excluding hydrogens is 253 g/mol. The molecule has 0 bridgehead atoms. The van der Waals surface area contributed by atoms with Crippen LogP contribution in [0.2, 0.25) is 0 Å². The summed E-state index contributed by atoms with van der Waals surface area (Å²) in [4.78, 5) is 22.8. The minimum Gasteiger partial charge on any atom is -0.476 e. The predicted molar refractivity (Wildman–Crippen MR) is 64.5 cm³/mol. The highest BCUT2D eigenvalue weighted by Gasteiger charge is 2.18. The van der Waals surface area contributed by atoms with Crippen molar-refractivity contribution in [3.63, 3.8) is 0 Å². The van der Waals surface area contributed by atoms with Crippen molar-refractivity contribution in [3.05, 3.63) is 47.5 Å². The van der Waals surface area contributed by atoms with Gasteiger partial charge in [0.05, 0.1) is 11.9 Å². The van der Waals surface area contributed by atoms with Gasteiger partial charge in [-0.05, 0) is 18.2 Å². The van der Waals surface area contributed by atoms with Gasteiger partial charge in [0, 0.05) is 12.6 Å². The number of hydrogen-bond donors (Lipinski definition) is 2. The molecule has 2 aromatic rings. The smallest absolute Gasteiger partial charge is 0.356 e. The number of rotatable bonds is 3. The number of nitrogens with zero attached hydrogens (tertiary/aromatic N) is 2. The van der Waals surface area contributed by atoms with Gasteiger partial charge in [-0.1, -0.05) is 6.07 Å². The van der Waals surface area contributed by atoms with Crippen molar-refractivity contribution >= 4 is 17.6 Å². The molecule has 2 N–H and O–H groups in total. The van der Waals surface area contributed by atoms with Gasteiger partial charge >= 0.3 is 5.97 Å². The summed E-state index contributed by atoms with van der Waals surface area (Å²) < 4.78 is 14.1. The van der Waals surface area contributed by atoms with Crippen LogP contribution in [0.15, 0.2) is 30.5 Å². The molecule has 0 spiro atoms. The number of anilines is 1. The molecule has 0 radical (unpaired) electrons. The van der Waals surface area contributed by atoms with Gasteiger partial charge in [0.1, 0.15) is 5.82 Å². The second-order valence-electron chi connectivity index (χ2n) is 3.80. The average Bonchev–Trinajstić information content (AvgIpc) is 2.70. The summed E-state index contributed by atoms with van der Waals surface area (Å²) in [7, 11) is 1.45. The molecule has 19 heavy (non-hydrogen) atoms. The first-order valence-electron chi connectivity index (χ1n) is 5.31. The lowest BCUT2D eigenvalue weighted by Crippen LogP contribution is -2.15. The molecule has 1 aromatic heterocycles. The molecule has 0 aliphatic heterocycles. The standard InChI is InChI=1S/C12H10FN3O3/c1-16-10(12(18)19)9(6-14-16)15-11(17)7-3-2-4-8(13)5-7/h2-6H,1H3,(H,15,17)(H,18,19). The molecule has 1 amide bonds. The molecule has 6 nitrogen and oxygen atoms in total. The van der Waals surface area contributed by atoms with Crippen molar-refractivity contribution in [1.82, 2.24) is 9.78 Å². The maximum Gasteiger partial charge on any atom is 0.356 e. The quantitative estimate of drug-likeness (QED) is 0.879. The fourth-order valence-corrected chi connectivity index (χ4v) is 1.61. The summed E-state index contributed by atoms with van der Waals surface area (Å²) in [6, 6.07) is 5.09. The Kier molecular flexibility index (Phi) is 3.28. The van der Waals surface area contributed by atoms with Crippen molar-refractivity contribution in [2.24, 2.45) is 7.05 Å². The Bertz CT molecular complexity index is 651. The summed E-state index contributed by atoms with van der Waals surface area (Å²) in [6.07, 6.45) is 1.22. The van der Waals surface area contributed by atoms with Crippen LogP contribution < -0.4 is 5.32 Å². The highest BCUT2D eigenvalue weighted by Crippen LogP contribution is 2.15. The van der Waals surface area contributed by atoms with Gasteiger partial charge in [-0.3, -0.25) is 9.48 Å². The first-order valence-corrected chi connectivity index (χ1v) is 5.31. The van der Waals surface area contributed by atoms with Crippen LogP contribution >= 0.6 is 0 Å². The largest absolute Gasteiger partial charge is 0.476 e. The highest BCUT2D eigenvalue weighted by atomic mass is 19.1. The third-order valence-electron chi connectivity index (χ3n) is 2.48. The number of aromatic nitrogens is 2. The number of carboxylic acids is 1. The van der Waals surface area contributed by atoms with Crippen LogP contribution in [-0.2, 0) is 7.05 Å². The van der Waals surface area contributed by atoms with Crippen molar-refractivity contribution in [3.8, 4) is 0 Å². The number of hydrogen-bond acceptors (Lipinski definition) is 3. The van der Waals surface area contributed by atoms with Crippen LogP contribution in [0.1, 0.15) is 20.8 Å². The van der Waals surface area contributed by atoms with E-state index in [0.717, 1.165) is 10.7 Å². The Morgan fingerprint density at radius 1 is 1.42 bits per heavy atom. The van der Waals surface area contributed by atoms with Gasteiger partial charge in [-0.25, -0.2) is 9.18 Å². The van der Waals surface area contributed by atoms with Crippen molar-refractivity contribution in [1.29, 1.82) is 0 Å². The number of aryl methyl sites for hydroxylation is 1. The average molecular weight is 263 g/mol. The van der Waals surface area contributed by atoms with Gasteiger partial charge in [-0.15, -0.1) is 0 Å². The number of aromatic carboxylic acids is 1. The van der Waals surface area contributed by atoms with E-state index in [1.165, 1.54) is 31.4 Å². The molecule has 0 fully saturated rings. The van der Waals surface area contributed by atoms with Crippen LogP contribution in [0.5, 0.6) is 0 Å². The number of carboxylic acid groups (broad SMARTS) is 1. The molecule has 0 saturated heterocycles. The van der Waals surface area contributed by atoms with E-state index >= 15 is 0 Å². The molecule has 0 unspecified atom stereocenters. The van der Waals surface area contributed by atoms with Crippen molar-refractivity contribution in [2.45, 2.75) is 0 Å². The third kappa shape index (κ3) is 2.59. The van der Waals surface area contributed by atoms with E-state index in [1.54, 1.807) is 0 Å². The Hall–Kier alpha value is -2.70. The van der Waals surface area contributed by atoms with E-state index in [1.807, 2.05) is 0 Å². The van der Waals surface area contributed by atoms with Crippen molar-refractivity contribution in [2.75, 3.05) is 5.32 Å². The fraction of sp³-hybridized carbons (Fsp3) is 0.0833. The summed E-state index contributed by atoms with van der Waals surface area (Å²) in [5.74, 6) is -2.36. The topological polar surface area (TPSA) is 84.2 Å². The Morgan fingerprint density at radius 2 is 2.16 bits per heavy atom. The lowest BCUT2D eigenvalue weighted by atomic mass is 10.2. The normalized spacial score (nSPS) is 10.2. The number of halogens is 1. The van der Waals surface area contributed by atoms with Crippen LogP contribution in [0.3, 0.4) is 0 Å². The van der Waals surface area contributed by atoms with Gasteiger partial charge < -0.3 is 10.4 Å². The number of benzene rings is 1. The van der Waals surface area contributed by atoms with Crippen LogP contribution in [-0.4, -0.2) is 26.8 Å². The molecule has 0 saturated carbocycles. The van der Waals surface area contributed by atoms with E-state index < -0.39 is 17.7 Å².